The van der Waals surface area contributed by atoms with Gasteiger partial charge in [-0.3, -0.25) is 4.79 Å². The van der Waals surface area contributed by atoms with Gasteiger partial charge in [-0.05, 0) is 67.3 Å². The summed E-state index contributed by atoms with van der Waals surface area (Å²) >= 11 is 5.83. The zero-order chi connectivity index (χ0) is 23.1. The predicted molar refractivity (Wildman–Crippen MR) is 140 cm³/mol. The number of nitrogens with zero attached hydrogens (tertiary/aromatic N) is 2. The maximum absolute atomic E-state index is 12.9. The maximum atomic E-state index is 12.9. The van der Waals surface area contributed by atoms with Gasteiger partial charge in [0.05, 0.1) is 12.1 Å². The summed E-state index contributed by atoms with van der Waals surface area (Å²) in [4.78, 5) is 20.4. The second-order valence-electron chi connectivity index (χ2n) is 8.05. The SMILES string of the molecule is CCc1ccccc1NC(=S)N(CCN(CC)CC)Cc1cc2cccc(C)c2[nH]c1=O. The van der Waals surface area contributed by atoms with Gasteiger partial charge in [0.1, 0.15) is 0 Å². The van der Waals surface area contributed by atoms with Crippen LogP contribution in [-0.2, 0) is 13.0 Å². The van der Waals surface area contributed by atoms with Crippen molar-refractivity contribution in [3.63, 3.8) is 0 Å². The number of aromatic nitrogens is 1. The molecule has 0 aliphatic carbocycles. The molecular formula is C26H34N4OS. The Bertz CT molecular complexity index is 1120. The van der Waals surface area contributed by atoms with E-state index < -0.39 is 0 Å². The molecule has 0 saturated heterocycles. The minimum absolute atomic E-state index is 0.0589. The lowest BCUT2D eigenvalue weighted by atomic mass is 10.1. The first-order chi connectivity index (χ1) is 15.5. The van der Waals surface area contributed by atoms with Gasteiger partial charge in [0.2, 0.25) is 0 Å². The Hall–Kier alpha value is -2.70. The number of fused-ring (bicyclic) bond motifs is 1. The zero-order valence-electron chi connectivity index (χ0n) is 19.6. The third-order valence-electron chi connectivity index (χ3n) is 6.03. The number of nitrogens with one attached hydrogen (secondary N) is 2. The summed E-state index contributed by atoms with van der Waals surface area (Å²) in [6.45, 7) is 12.5. The van der Waals surface area contributed by atoms with Crippen LogP contribution in [-0.4, -0.2) is 46.1 Å². The van der Waals surface area contributed by atoms with Crippen molar-refractivity contribution in [1.29, 1.82) is 0 Å². The van der Waals surface area contributed by atoms with Crippen molar-refractivity contribution >= 4 is 33.9 Å². The molecule has 0 bridgehead atoms. The molecule has 0 aliphatic heterocycles. The molecule has 0 atom stereocenters. The first-order valence-electron chi connectivity index (χ1n) is 11.4. The molecule has 1 heterocycles. The normalized spacial score (nSPS) is 11.2. The van der Waals surface area contributed by atoms with E-state index >= 15 is 0 Å². The van der Waals surface area contributed by atoms with Gasteiger partial charge in [-0.15, -0.1) is 0 Å². The van der Waals surface area contributed by atoms with Gasteiger partial charge in [0.25, 0.3) is 5.56 Å². The fourth-order valence-corrected chi connectivity index (χ4v) is 4.22. The van der Waals surface area contributed by atoms with Gasteiger partial charge < -0.3 is 20.1 Å². The molecule has 170 valence electrons. The van der Waals surface area contributed by atoms with Crippen LogP contribution in [0, 0.1) is 6.92 Å². The third-order valence-corrected chi connectivity index (χ3v) is 6.39. The van der Waals surface area contributed by atoms with Crippen molar-refractivity contribution in [2.45, 2.75) is 40.7 Å². The first-order valence-corrected chi connectivity index (χ1v) is 11.8. The largest absolute Gasteiger partial charge is 0.343 e. The number of hydrogen-bond donors (Lipinski definition) is 2. The van der Waals surface area contributed by atoms with Crippen molar-refractivity contribution in [2.24, 2.45) is 0 Å². The van der Waals surface area contributed by atoms with Crippen molar-refractivity contribution in [3.8, 4) is 0 Å². The summed E-state index contributed by atoms with van der Waals surface area (Å²) in [6.07, 6.45) is 0.926. The Kier molecular flexibility index (Phi) is 8.42. The van der Waals surface area contributed by atoms with E-state index in [2.05, 4.69) is 53.0 Å². The summed E-state index contributed by atoms with van der Waals surface area (Å²) < 4.78 is 0. The van der Waals surface area contributed by atoms with Gasteiger partial charge in [-0.1, -0.05) is 57.2 Å². The minimum Gasteiger partial charge on any atom is -0.343 e. The van der Waals surface area contributed by atoms with E-state index in [-0.39, 0.29) is 5.56 Å². The van der Waals surface area contributed by atoms with Gasteiger partial charge in [-0.25, -0.2) is 0 Å². The number of hydrogen-bond acceptors (Lipinski definition) is 3. The molecule has 2 aromatic carbocycles. The fraction of sp³-hybridized carbons (Fsp3) is 0.385. The summed E-state index contributed by atoms with van der Waals surface area (Å²) in [5, 5.41) is 5.11. The van der Waals surface area contributed by atoms with Crippen LogP contribution >= 0.6 is 12.2 Å². The number of H-pyrrole nitrogens is 1. The standard InChI is InChI=1S/C26H34N4OS/c1-5-20-12-8-9-14-23(20)27-26(32)30(16-15-29(6-2)7-3)18-22-17-21-13-10-11-19(4)24(21)28-25(22)31/h8-14,17H,5-7,15-16,18H2,1-4H3,(H,27,32)(H,28,31). The van der Waals surface area contributed by atoms with Crippen LogP contribution in [0.3, 0.4) is 0 Å². The molecule has 3 rings (SSSR count). The molecule has 6 heteroatoms. The quantitative estimate of drug-likeness (QED) is 0.452. The van der Waals surface area contributed by atoms with Crippen LogP contribution < -0.4 is 10.9 Å². The summed E-state index contributed by atoms with van der Waals surface area (Å²) in [5.41, 5.74) is 4.87. The molecule has 32 heavy (non-hydrogen) atoms. The van der Waals surface area contributed by atoms with Crippen molar-refractivity contribution < 1.29 is 0 Å². The first kappa shape index (κ1) is 24.0. The van der Waals surface area contributed by atoms with Crippen LogP contribution in [0.1, 0.15) is 37.5 Å². The molecule has 0 unspecified atom stereocenters. The van der Waals surface area contributed by atoms with Crippen LogP contribution in [0.5, 0.6) is 0 Å². The maximum Gasteiger partial charge on any atom is 0.253 e. The highest BCUT2D eigenvalue weighted by Crippen LogP contribution is 2.18. The number of thiocarbonyl (C=S) groups is 1. The van der Waals surface area contributed by atoms with Crippen molar-refractivity contribution in [1.82, 2.24) is 14.8 Å². The molecule has 0 radical (unpaired) electrons. The average molecular weight is 451 g/mol. The Labute approximate surface area is 196 Å². The number of anilines is 1. The Morgan fingerprint density at radius 3 is 2.47 bits per heavy atom. The Balaban J connectivity index is 1.88. The van der Waals surface area contributed by atoms with E-state index in [1.54, 1.807) is 0 Å². The molecule has 0 amide bonds. The predicted octanol–water partition coefficient (Wildman–Crippen LogP) is 4.94. The zero-order valence-corrected chi connectivity index (χ0v) is 20.4. The van der Waals surface area contributed by atoms with E-state index in [0.717, 1.165) is 60.3 Å². The summed E-state index contributed by atoms with van der Waals surface area (Å²) in [5.74, 6) is 0. The molecule has 3 aromatic rings. The number of para-hydroxylation sites is 2. The summed E-state index contributed by atoms with van der Waals surface area (Å²) in [6, 6.07) is 16.3. The highest BCUT2D eigenvalue weighted by Gasteiger charge is 2.16. The van der Waals surface area contributed by atoms with Gasteiger partial charge in [-0.2, -0.15) is 0 Å². The number of aromatic amines is 1. The second kappa shape index (κ2) is 11.2. The lowest BCUT2D eigenvalue weighted by Gasteiger charge is -2.29. The number of likely N-dealkylation sites (N-methyl/N-ethyl adjacent to an activating group) is 1. The van der Waals surface area contributed by atoms with Gasteiger partial charge in [0, 0.05) is 24.3 Å². The second-order valence-corrected chi connectivity index (χ2v) is 8.44. The van der Waals surface area contributed by atoms with Crippen LogP contribution in [0.15, 0.2) is 53.3 Å². The molecular weight excluding hydrogens is 416 g/mol. The molecule has 0 aliphatic rings. The lowest BCUT2D eigenvalue weighted by Crippen LogP contribution is -2.41. The fourth-order valence-electron chi connectivity index (χ4n) is 3.95. The Morgan fingerprint density at radius 1 is 1.00 bits per heavy atom. The molecule has 0 fully saturated rings. The molecule has 1 aromatic heterocycles. The van der Waals surface area contributed by atoms with E-state index in [4.69, 9.17) is 12.2 Å². The molecule has 5 nitrogen and oxygen atoms in total. The van der Waals surface area contributed by atoms with E-state index in [9.17, 15) is 4.79 Å². The van der Waals surface area contributed by atoms with Crippen molar-refractivity contribution in [2.75, 3.05) is 31.5 Å². The van der Waals surface area contributed by atoms with Crippen LogP contribution in [0.4, 0.5) is 5.69 Å². The number of rotatable bonds is 9. The lowest BCUT2D eigenvalue weighted by molar-refractivity contribution is 0.266. The monoisotopic (exact) mass is 450 g/mol. The van der Waals surface area contributed by atoms with Gasteiger partial charge >= 0.3 is 0 Å². The van der Waals surface area contributed by atoms with E-state index in [1.165, 1.54) is 5.56 Å². The van der Waals surface area contributed by atoms with Crippen LogP contribution in [0.25, 0.3) is 10.9 Å². The number of benzene rings is 2. The number of pyridine rings is 1. The molecule has 0 spiro atoms. The molecule has 2 N–H and O–H groups in total. The minimum atomic E-state index is -0.0589. The third kappa shape index (κ3) is 5.75. The summed E-state index contributed by atoms with van der Waals surface area (Å²) in [7, 11) is 0. The van der Waals surface area contributed by atoms with Crippen LogP contribution in [0.2, 0.25) is 0 Å². The molecule has 0 saturated carbocycles. The highest BCUT2D eigenvalue weighted by molar-refractivity contribution is 7.80. The van der Waals surface area contributed by atoms with E-state index in [0.29, 0.717) is 11.7 Å². The Morgan fingerprint density at radius 2 is 1.75 bits per heavy atom. The topological polar surface area (TPSA) is 51.4 Å². The van der Waals surface area contributed by atoms with Gasteiger partial charge in [0.15, 0.2) is 5.11 Å². The smallest absolute Gasteiger partial charge is 0.253 e. The number of aryl methyl sites for hydroxylation is 2. The average Bonchev–Trinajstić information content (AvgIpc) is 2.80. The highest BCUT2D eigenvalue weighted by atomic mass is 32.1. The van der Waals surface area contributed by atoms with E-state index in [1.807, 2.05) is 43.3 Å². The van der Waals surface area contributed by atoms with Crippen molar-refractivity contribution in [3.05, 3.63) is 75.6 Å².